The Morgan fingerprint density at radius 2 is 1.26 bits per heavy atom. The van der Waals surface area contributed by atoms with Crippen LogP contribution in [-0.4, -0.2) is 19.2 Å². The molecule has 0 aliphatic heterocycles. The minimum Gasteiger partial charge on any atom is -0.445 e. The van der Waals surface area contributed by atoms with E-state index in [-0.39, 0.29) is 5.97 Å². The minimum atomic E-state index is -6.30. The lowest BCUT2D eigenvalue weighted by Gasteiger charge is -2.17. The van der Waals surface area contributed by atoms with E-state index in [0.29, 0.717) is 11.5 Å². The Hall–Kier alpha value is -3.22. The largest absolute Gasteiger partial charge is 0.515 e. The van der Waals surface area contributed by atoms with Gasteiger partial charge in [0.2, 0.25) is 0 Å². The molecule has 1 atom stereocenters. The highest BCUT2D eigenvalue weighted by Crippen LogP contribution is 2.23. The predicted octanol–water partition coefficient (Wildman–Crippen LogP) is 5.74. The third-order valence-corrected chi connectivity index (χ3v) is 6.59. The maximum atomic E-state index is 12.7. The van der Waals surface area contributed by atoms with Crippen LogP contribution in [0.4, 0.5) is 34.9 Å². The van der Waals surface area contributed by atoms with Gasteiger partial charge in [-0.1, -0.05) is 34.5 Å². The van der Waals surface area contributed by atoms with Crippen molar-refractivity contribution < 1.29 is 48.6 Å². The summed E-state index contributed by atoms with van der Waals surface area (Å²) in [5, 5.41) is 0. The van der Waals surface area contributed by atoms with Crippen molar-refractivity contribution in [1.29, 1.82) is 0 Å². The third kappa shape index (κ3) is 7.14. The molecule has 3 aromatic carbocycles. The zero-order valence-electron chi connectivity index (χ0n) is 18.1. The van der Waals surface area contributed by atoms with Gasteiger partial charge in [-0.15, -0.1) is 0 Å². The van der Waals surface area contributed by atoms with Crippen LogP contribution < -0.4 is 10.2 Å². The summed E-state index contributed by atoms with van der Waals surface area (Å²) in [5.41, 5.74) is -1.77. The summed E-state index contributed by atoms with van der Waals surface area (Å²) in [4.78, 5) is 11.7. The van der Waals surface area contributed by atoms with Gasteiger partial charge in [-0.05, 0) is 29.7 Å². The van der Waals surface area contributed by atoms with E-state index in [1.54, 1.807) is 18.4 Å². The number of halogens is 8. The van der Waals surface area contributed by atoms with Gasteiger partial charge in [0.1, 0.15) is 39.3 Å². The molecule has 0 spiro atoms. The van der Waals surface area contributed by atoms with Crippen molar-refractivity contribution in [2.45, 2.75) is 17.6 Å². The molecule has 0 heterocycles. The van der Waals surface area contributed by atoms with E-state index < -0.39 is 51.5 Å². The van der Waals surface area contributed by atoms with E-state index >= 15 is 0 Å². The van der Waals surface area contributed by atoms with Crippen LogP contribution in [0.25, 0.3) is 0 Å². The molecule has 3 aromatic rings. The van der Waals surface area contributed by atoms with Crippen molar-refractivity contribution in [2.75, 3.05) is 6.26 Å². The van der Waals surface area contributed by atoms with Crippen LogP contribution in [-0.2, 0) is 24.7 Å². The van der Waals surface area contributed by atoms with E-state index in [9.17, 15) is 43.9 Å². The number of hydrogen-bond acceptors (Lipinski definition) is 3. The maximum Gasteiger partial charge on any atom is 0.515 e. The first kappa shape index (κ1) is 28.0. The predicted molar refractivity (Wildman–Crippen MR) is 115 cm³/mol. The SMILES string of the molecule is CC(=O)Oc1ccc(C[S+](C)(=O)c2ccccc2)cc1.Fc1c(F)c(F)c([B-](F)(F)F)c(F)c1F. The van der Waals surface area contributed by atoms with Crippen molar-refractivity contribution in [3.8, 4) is 5.75 Å². The van der Waals surface area contributed by atoms with Gasteiger partial charge in [0.25, 0.3) is 0 Å². The van der Waals surface area contributed by atoms with Crippen molar-refractivity contribution in [3.63, 3.8) is 0 Å². The normalized spacial score (nSPS) is 12.9. The fourth-order valence-corrected chi connectivity index (χ4v) is 4.57. The smallest absolute Gasteiger partial charge is 0.445 e. The quantitative estimate of drug-likeness (QED) is 0.0814. The Morgan fingerprint density at radius 1 is 0.800 bits per heavy atom. The summed E-state index contributed by atoms with van der Waals surface area (Å²) in [7, 11) is -2.11. The maximum absolute atomic E-state index is 12.7. The fourth-order valence-electron chi connectivity index (χ4n) is 2.84. The second kappa shape index (κ2) is 11.0. The molecule has 188 valence electrons. The molecule has 0 N–H and O–H groups in total. The number of rotatable bonds is 5. The molecule has 3 nitrogen and oxygen atoms in total. The summed E-state index contributed by atoms with van der Waals surface area (Å²) < 4.78 is 115. The van der Waals surface area contributed by atoms with Crippen LogP contribution in [0.1, 0.15) is 12.5 Å². The van der Waals surface area contributed by atoms with Crippen LogP contribution >= 0.6 is 0 Å². The highest BCUT2D eigenvalue weighted by molar-refractivity contribution is 8.01. The number of carbonyl (C=O) groups excluding carboxylic acids is 1. The minimum absolute atomic E-state index is 0.346. The second-order valence-corrected chi connectivity index (χ2v) is 10.0. The molecule has 0 fully saturated rings. The van der Waals surface area contributed by atoms with E-state index in [2.05, 4.69) is 0 Å². The Balaban J connectivity index is 0.000000258. The van der Waals surface area contributed by atoms with E-state index in [0.717, 1.165) is 10.5 Å². The Kier molecular flexibility index (Phi) is 8.82. The van der Waals surface area contributed by atoms with Gasteiger partial charge < -0.3 is 17.7 Å². The topological polar surface area (TPSA) is 43.4 Å². The Bertz CT molecular complexity index is 1220. The highest BCUT2D eigenvalue weighted by atomic mass is 32.2. The molecule has 0 amide bonds. The van der Waals surface area contributed by atoms with Gasteiger partial charge in [0.15, 0.2) is 22.3 Å². The molecule has 1 unspecified atom stereocenters. The first-order chi connectivity index (χ1) is 16.1. The van der Waals surface area contributed by atoms with Crippen molar-refractivity contribution in [2.24, 2.45) is 0 Å². The van der Waals surface area contributed by atoms with Gasteiger partial charge in [-0.2, -0.15) is 0 Å². The number of hydrogen-bond donors (Lipinski definition) is 0. The molecular weight excluding hydrogens is 507 g/mol. The fraction of sp³-hybridized carbons (Fsp3) is 0.136. The number of carbonyl (C=O) groups is 1. The lowest BCUT2D eigenvalue weighted by molar-refractivity contribution is -0.131. The van der Waals surface area contributed by atoms with Gasteiger partial charge in [-0.3, -0.25) is 4.79 Å². The average Bonchev–Trinajstić information content (AvgIpc) is 2.77. The van der Waals surface area contributed by atoms with E-state index in [4.69, 9.17) is 4.74 Å². The zero-order chi connectivity index (χ0) is 26.6. The first-order valence-corrected chi connectivity index (χ1v) is 11.8. The van der Waals surface area contributed by atoms with Crippen molar-refractivity contribution in [1.82, 2.24) is 0 Å². The first-order valence-electron chi connectivity index (χ1n) is 9.65. The molecule has 0 aliphatic rings. The summed E-state index contributed by atoms with van der Waals surface area (Å²) in [6, 6.07) is 16.6. The summed E-state index contributed by atoms with van der Waals surface area (Å²) >= 11 is 0. The third-order valence-electron chi connectivity index (χ3n) is 4.44. The number of esters is 1. The Morgan fingerprint density at radius 3 is 1.69 bits per heavy atom. The van der Waals surface area contributed by atoms with Gasteiger partial charge >= 0.3 is 12.9 Å². The van der Waals surface area contributed by atoms with Crippen LogP contribution in [0.15, 0.2) is 59.5 Å². The van der Waals surface area contributed by atoms with Crippen LogP contribution in [0, 0.1) is 29.1 Å². The number of benzene rings is 3. The second-order valence-electron chi connectivity index (χ2n) is 7.26. The standard InChI is InChI=1S/C16H17O3S.C6BF8/c1-13(17)19-15-10-8-14(9-11-15)12-20(2,18)16-6-4-3-5-7-16;8-2-1(7(13,14)15)3(9)5(11)6(12)4(2)10/h3-11H,12H2,1-2H3;/q+1;-1. The average molecular weight is 524 g/mol. The Labute approximate surface area is 196 Å². The van der Waals surface area contributed by atoms with Crippen molar-refractivity contribution >= 4 is 28.3 Å². The van der Waals surface area contributed by atoms with Crippen LogP contribution in [0.2, 0.25) is 0 Å². The molecule has 0 saturated carbocycles. The van der Waals surface area contributed by atoms with E-state index in [1.807, 2.05) is 42.5 Å². The monoisotopic (exact) mass is 524 g/mol. The molecule has 35 heavy (non-hydrogen) atoms. The molecule has 13 heteroatoms. The molecule has 0 aliphatic carbocycles. The summed E-state index contributed by atoms with van der Waals surface area (Å²) in [5.74, 6) is -12.9. The zero-order valence-corrected chi connectivity index (χ0v) is 19.0. The number of ether oxygens (including phenoxy) is 1. The van der Waals surface area contributed by atoms with Gasteiger partial charge in [0.05, 0.1) is 0 Å². The molecule has 0 bridgehead atoms. The lowest BCUT2D eigenvalue weighted by Crippen LogP contribution is -2.41. The molecule has 0 radical (unpaired) electrons. The molecular formula is C22H17BF8O3S. The van der Waals surface area contributed by atoms with Gasteiger partial charge in [0, 0.05) is 12.5 Å². The molecule has 3 rings (SSSR count). The lowest BCUT2D eigenvalue weighted by atomic mass is 9.79. The van der Waals surface area contributed by atoms with Gasteiger partial charge in [-0.25, -0.2) is 22.0 Å². The van der Waals surface area contributed by atoms with E-state index in [1.165, 1.54) is 6.92 Å². The molecule has 0 saturated heterocycles. The molecule has 0 aromatic heterocycles. The summed E-state index contributed by atoms with van der Waals surface area (Å²) in [6.07, 6.45) is 1.77. The summed E-state index contributed by atoms with van der Waals surface area (Å²) in [6.45, 7) is -4.94. The van der Waals surface area contributed by atoms with Crippen molar-refractivity contribution in [3.05, 3.63) is 89.2 Å². The van der Waals surface area contributed by atoms with Crippen LogP contribution in [0.3, 0.4) is 0 Å². The van der Waals surface area contributed by atoms with Crippen LogP contribution in [0.5, 0.6) is 5.75 Å². The highest BCUT2D eigenvalue weighted by Gasteiger charge is 2.37.